The summed E-state index contributed by atoms with van der Waals surface area (Å²) in [4.78, 5) is 7.25. The Morgan fingerprint density at radius 1 is 0.969 bits per heavy atom. The molecule has 0 amide bonds. The first kappa shape index (κ1) is 33.4. The van der Waals surface area contributed by atoms with Crippen LogP contribution < -0.4 is 5.59 Å². The van der Waals surface area contributed by atoms with Crippen molar-refractivity contribution in [1.82, 2.24) is 5.59 Å². The van der Waals surface area contributed by atoms with Crippen molar-refractivity contribution in [3.63, 3.8) is 0 Å². The molecule has 1 aliphatic heterocycles. The van der Waals surface area contributed by atoms with Gasteiger partial charge in [0.15, 0.2) is 0 Å². The van der Waals surface area contributed by atoms with Crippen LogP contribution in [-0.4, -0.2) is 12.6 Å². The van der Waals surface area contributed by atoms with Gasteiger partial charge >= 0.3 is 21.1 Å². The summed E-state index contributed by atoms with van der Waals surface area (Å²) in [7, 11) is 0. The van der Waals surface area contributed by atoms with Crippen LogP contribution in [0.15, 0.2) is 43.0 Å². The average Bonchev–Trinajstić information content (AvgIpc) is 3.32. The van der Waals surface area contributed by atoms with Gasteiger partial charge in [-0.3, -0.25) is 0 Å². The second-order valence-electron chi connectivity index (χ2n) is 9.47. The minimum atomic E-state index is 0. The molecule has 1 aromatic rings. The molecular formula is C28H42N2OW. The first-order valence-electron chi connectivity index (χ1n) is 11.0. The Hall–Kier alpha value is -0.792. The van der Waals surface area contributed by atoms with Crippen LogP contribution in [0.3, 0.4) is 0 Å². The van der Waals surface area contributed by atoms with Gasteiger partial charge in [0, 0.05) is 0 Å². The first-order valence-corrected chi connectivity index (χ1v) is 11.0. The maximum absolute atomic E-state index is 7.25. The average molecular weight is 606 g/mol. The van der Waals surface area contributed by atoms with Crippen molar-refractivity contribution < 1.29 is 21.1 Å². The Morgan fingerprint density at radius 2 is 1.34 bits per heavy atom. The van der Waals surface area contributed by atoms with Crippen LogP contribution >= 0.6 is 0 Å². The van der Waals surface area contributed by atoms with Gasteiger partial charge in [0.2, 0.25) is 0 Å². The number of benzene rings is 1. The number of hydrogen-bond donors (Lipinski definition) is 0. The fourth-order valence-electron chi connectivity index (χ4n) is 3.54. The van der Waals surface area contributed by atoms with Crippen LogP contribution in [0.4, 0.5) is 0 Å². The minimum absolute atomic E-state index is 0. The molecule has 176 valence electrons. The molecule has 0 N–H and O–H groups in total. The van der Waals surface area contributed by atoms with Crippen molar-refractivity contribution >= 4 is 0 Å². The van der Waals surface area contributed by atoms with Crippen LogP contribution in [-0.2, 0) is 21.1 Å². The number of hydrogen-bond acceptors (Lipinski definition) is 1. The van der Waals surface area contributed by atoms with Crippen molar-refractivity contribution in [2.75, 3.05) is 6.54 Å². The Bertz CT molecular complexity index is 544. The van der Waals surface area contributed by atoms with Crippen LogP contribution in [0.1, 0.15) is 79.7 Å². The van der Waals surface area contributed by atoms with Crippen molar-refractivity contribution in [3.05, 3.63) is 95.3 Å². The van der Waals surface area contributed by atoms with Crippen LogP contribution in [0.2, 0.25) is 0 Å². The van der Waals surface area contributed by atoms with E-state index in [-0.39, 0.29) is 26.5 Å². The smallest absolute Gasteiger partial charge is 0.659 e. The molecule has 1 aliphatic carbocycles. The van der Waals surface area contributed by atoms with Gasteiger partial charge in [-0.2, -0.15) is 5.41 Å². The van der Waals surface area contributed by atoms with E-state index < -0.39 is 0 Å². The molecule has 3 nitrogen and oxygen atoms in total. The fraction of sp³-hybridized carbons (Fsp3) is 0.500. The van der Waals surface area contributed by atoms with E-state index in [0.29, 0.717) is 12.0 Å². The van der Waals surface area contributed by atoms with Gasteiger partial charge in [-0.15, -0.1) is 24.1 Å². The predicted octanol–water partition coefficient (Wildman–Crippen LogP) is 7.88. The second-order valence-corrected chi connectivity index (χ2v) is 9.47. The predicted molar refractivity (Wildman–Crippen MR) is 136 cm³/mol. The zero-order valence-electron chi connectivity index (χ0n) is 21.4. The normalized spacial score (nSPS) is 21.1. The summed E-state index contributed by atoms with van der Waals surface area (Å²) >= 11 is 0. The monoisotopic (exact) mass is 606 g/mol. The Labute approximate surface area is 213 Å². The van der Waals surface area contributed by atoms with Crippen molar-refractivity contribution in [2.24, 2.45) is 5.41 Å². The van der Waals surface area contributed by atoms with Gasteiger partial charge in [-0.25, -0.2) is 0 Å². The Balaban J connectivity index is 0. The fourth-order valence-corrected chi connectivity index (χ4v) is 3.54. The van der Waals surface area contributed by atoms with E-state index in [1.807, 2.05) is 6.08 Å². The molecule has 0 spiro atoms. The zero-order valence-corrected chi connectivity index (χ0v) is 24.3. The van der Waals surface area contributed by atoms with Crippen molar-refractivity contribution in [2.45, 2.75) is 80.2 Å². The minimum Gasteiger partial charge on any atom is -0.659 e. The molecule has 3 rings (SSSR count). The first-order chi connectivity index (χ1) is 14.5. The number of nitrogens with zero attached hydrogens (tertiary/aromatic N) is 2. The van der Waals surface area contributed by atoms with Gasteiger partial charge in [-0.05, 0) is 41.1 Å². The zero-order chi connectivity index (χ0) is 24.2. The Morgan fingerprint density at radius 3 is 1.62 bits per heavy atom. The molecule has 6 radical (unpaired) electrons. The maximum Gasteiger partial charge on any atom is 2.00 e. The quantitative estimate of drug-likeness (QED) is 0.255. The van der Waals surface area contributed by atoms with Gasteiger partial charge < -0.3 is 12.2 Å². The molecule has 0 bridgehead atoms. The third-order valence-corrected chi connectivity index (χ3v) is 5.69. The van der Waals surface area contributed by atoms with E-state index in [9.17, 15) is 0 Å². The molecule has 1 saturated carbocycles. The molecule has 2 aliphatic rings. The number of rotatable bonds is 3. The molecule has 1 aromatic carbocycles. The topological polar surface area (TPSA) is 53.5 Å². The summed E-state index contributed by atoms with van der Waals surface area (Å²) in [6.45, 7) is 25.9. The largest absolute Gasteiger partial charge is 2.00 e. The summed E-state index contributed by atoms with van der Waals surface area (Å²) in [5.74, 6) is 7.75. The third kappa shape index (κ3) is 11.9. The van der Waals surface area contributed by atoms with E-state index in [4.69, 9.17) is 10.5 Å². The molecular weight excluding hydrogens is 564 g/mol. The van der Waals surface area contributed by atoms with Crippen LogP contribution in [0.5, 0.6) is 0 Å². The SMILES string of the molecule is C=CC(c1ccccc1)C1CCC[N-]1.C[C]1[C](C)[C](C)[C](C)[C]1C.[CH2-]C(C)(C)C.[N]=O.[W+2]. The van der Waals surface area contributed by atoms with E-state index in [2.05, 4.69) is 105 Å². The molecule has 1 heterocycles. The van der Waals surface area contributed by atoms with E-state index in [0.717, 1.165) is 6.54 Å². The van der Waals surface area contributed by atoms with Crippen molar-refractivity contribution in [1.29, 1.82) is 0 Å². The molecule has 32 heavy (non-hydrogen) atoms. The van der Waals surface area contributed by atoms with E-state index >= 15 is 0 Å². The van der Waals surface area contributed by atoms with Gasteiger partial charge in [0.05, 0.1) is 0 Å². The second kappa shape index (κ2) is 16.8. The van der Waals surface area contributed by atoms with Crippen molar-refractivity contribution in [3.8, 4) is 0 Å². The summed E-state index contributed by atoms with van der Waals surface area (Å²) in [5, 5.41) is 4.61. The summed E-state index contributed by atoms with van der Waals surface area (Å²) < 4.78 is 0. The molecule has 2 atom stereocenters. The van der Waals surface area contributed by atoms with Crippen LogP contribution in [0, 0.1) is 46.8 Å². The Kier molecular flexibility index (Phi) is 17.5. The molecule has 2 unspecified atom stereocenters. The summed E-state index contributed by atoms with van der Waals surface area (Å²) in [6.07, 6.45) is 4.49. The van der Waals surface area contributed by atoms with Gasteiger partial charge in [-0.1, -0.05) is 105 Å². The maximum atomic E-state index is 7.25. The standard InChI is InChI=1S/C13H16N.C10H15.C5H11.NO.W/c1-2-12(13-9-6-10-14-13)11-7-4-3-5-8-11;1-6-7(2)9(4)10(5)8(6)3;1-5(2,3)4;1-2;/h2-5,7-8,12-13H,1,6,9-10H2;1-5H3;1H2,2-4H3;;/q-1;;-1;;+2. The van der Waals surface area contributed by atoms with E-state index in [1.165, 1.54) is 48.0 Å². The summed E-state index contributed by atoms with van der Waals surface area (Å²) in [6, 6.07) is 11.0. The molecule has 0 aromatic heterocycles. The molecule has 1 saturated heterocycles. The number of nitroso groups, excluding NO2 is 1. The summed E-state index contributed by atoms with van der Waals surface area (Å²) in [5.41, 5.74) is 7.35. The molecule has 2 fully saturated rings. The van der Waals surface area contributed by atoms with Gasteiger partial charge in [0.1, 0.15) is 5.59 Å². The van der Waals surface area contributed by atoms with Crippen LogP contribution in [0.25, 0.3) is 5.32 Å². The third-order valence-electron chi connectivity index (χ3n) is 5.69. The van der Waals surface area contributed by atoms with E-state index in [1.54, 1.807) is 0 Å². The van der Waals surface area contributed by atoms with Gasteiger partial charge in [0.25, 0.3) is 0 Å². The molecule has 4 heteroatoms.